The predicted octanol–water partition coefficient (Wildman–Crippen LogP) is 4.91. The average molecular weight is 405 g/mol. The number of rotatable bonds is 5. The van der Waals surface area contributed by atoms with Gasteiger partial charge in [-0.1, -0.05) is 41.9 Å². The van der Waals surface area contributed by atoms with Gasteiger partial charge >= 0.3 is 6.03 Å². The molecule has 0 saturated carbocycles. The number of hydrogen-bond acceptors (Lipinski definition) is 3. The number of thioether (sulfide) groups is 1. The minimum Gasteiger partial charge on any atom is -0.396 e. The lowest BCUT2D eigenvalue weighted by atomic mass is 9.74. The van der Waals surface area contributed by atoms with Crippen LogP contribution < -0.4 is 5.32 Å². The second kappa shape index (κ2) is 9.00. The molecule has 0 atom stereocenters. The highest BCUT2D eigenvalue weighted by Gasteiger charge is 2.36. The van der Waals surface area contributed by atoms with Crippen molar-refractivity contribution < 1.29 is 9.90 Å². The molecule has 0 bridgehead atoms. The average Bonchev–Trinajstić information content (AvgIpc) is 2.70. The zero-order chi connectivity index (χ0) is 19.3. The molecule has 4 nitrogen and oxygen atoms in total. The minimum atomic E-state index is -0.223. The summed E-state index contributed by atoms with van der Waals surface area (Å²) in [5, 5.41) is 13.8. The number of amides is 2. The monoisotopic (exact) mass is 404 g/mol. The van der Waals surface area contributed by atoms with Crippen LogP contribution in [0.1, 0.15) is 18.4 Å². The Morgan fingerprint density at radius 1 is 1.19 bits per heavy atom. The van der Waals surface area contributed by atoms with Gasteiger partial charge in [-0.3, -0.25) is 0 Å². The first-order valence-electron chi connectivity index (χ1n) is 9.10. The standard InChI is InChI=1S/C21H25ClN2O2S/c1-27-19-9-5-4-8-18(19)23-20(26)24-12-10-21(15-25,11-13-24)14-16-6-2-3-7-17(16)22/h2-9,25H,10-15H2,1H3,(H,23,26). The number of nitrogens with one attached hydrogen (secondary N) is 1. The van der Waals surface area contributed by atoms with Crippen LogP contribution in [0.2, 0.25) is 5.02 Å². The molecule has 2 aromatic carbocycles. The molecule has 1 heterocycles. The summed E-state index contributed by atoms with van der Waals surface area (Å²) in [5.74, 6) is 0. The van der Waals surface area contributed by atoms with Crippen molar-refractivity contribution >= 4 is 35.1 Å². The Morgan fingerprint density at radius 3 is 2.52 bits per heavy atom. The second-order valence-electron chi connectivity index (χ2n) is 7.04. The molecule has 2 amide bonds. The van der Waals surface area contributed by atoms with Crippen molar-refractivity contribution in [2.75, 3.05) is 31.3 Å². The summed E-state index contributed by atoms with van der Waals surface area (Å²) in [7, 11) is 0. The number of para-hydroxylation sites is 1. The third-order valence-electron chi connectivity index (χ3n) is 5.32. The molecule has 1 aliphatic rings. The Kier molecular flexibility index (Phi) is 6.68. The van der Waals surface area contributed by atoms with Crippen molar-refractivity contribution in [2.45, 2.75) is 24.2 Å². The number of carbonyl (C=O) groups is 1. The van der Waals surface area contributed by atoms with Crippen LogP contribution in [0.4, 0.5) is 10.5 Å². The van der Waals surface area contributed by atoms with Gasteiger partial charge in [0.1, 0.15) is 0 Å². The molecule has 0 aromatic heterocycles. The molecule has 27 heavy (non-hydrogen) atoms. The molecule has 2 aromatic rings. The number of benzene rings is 2. The summed E-state index contributed by atoms with van der Waals surface area (Å²) in [6, 6.07) is 15.5. The zero-order valence-electron chi connectivity index (χ0n) is 15.5. The van der Waals surface area contributed by atoms with Crippen LogP contribution >= 0.6 is 23.4 Å². The Balaban J connectivity index is 1.63. The first-order chi connectivity index (χ1) is 13.1. The van der Waals surface area contributed by atoms with Crippen molar-refractivity contribution in [3.05, 3.63) is 59.1 Å². The van der Waals surface area contributed by atoms with Gasteiger partial charge in [0.2, 0.25) is 0 Å². The molecule has 0 radical (unpaired) electrons. The molecule has 0 spiro atoms. The molecule has 2 N–H and O–H groups in total. The smallest absolute Gasteiger partial charge is 0.321 e. The number of anilines is 1. The number of aliphatic hydroxyl groups is 1. The van der Waals surface area contributed by atoms with E-state index in [-0.39, 0.29) is 18.1 Å². The molecule has 1 aliphatic heterocycles. The highest BCUT2D eigenvalue weighted by atomic mass is 35.5. The lowest BCUT2D eigenvalue weighted by Crippen LogP contribution is -2.47. The molecule has 144 valence electrons. The van der Waals surface area contributed by atoms with Gasteiger partial charge in [0, 0.05) is 35.0 Å². The summed E-state index contributed by atoms with van der Waals surface area (Å²) in [6.07, 6.45) is 4.24. The van der Waals surface area contributed by atoms with Gasteiger partial charge in [0.15, 0.2) is 0 Å². The molecule has 1 saturated heterocycles. The van der Waals surface area contributed by atoms with Gasteiger partial charge in [0.25, 0.3) is 0 Å². The van der Waals surface area contributed by atoms with E-state index in [0.29, 0.717) is 13.1 Å². The Morgan fingerprint density at radius 2 is 1.85 bits per heavy atom. The first kappa shape index (κ1) is 20.1. The van der Waals surface area contributed by atoms with E-state index in [1.165, 1.54) is 0 Å². The second-order valence-corrected chi connectivity index (χ2v) is 8.30. The fourth-order valence-corrected chi connectivity index (χ4v) is 4.32. The Bertz CT molecular complexity index is 791. The number of halogens is 1. The molecule has 0 unspecified atom stereocenters. The number of carbonyl (C=O) groups excluding carboxylic acids is 1. The first-order valence-corrected chi connectivity index (χ1v) is 10.7. The maximum atomic E-state index is 12.7. The van der Waals surface area contributed by atoms with Crippen molar-refractivity contribution in [2.24, 2.45) is 5.41 Å². The highest BCUT2D eigenvalue weighted by Crippen LogP contribution is 2.36. The van der Waals surface area contributed by atoms with Crippen molar-refractivity contribution in [1.29, 1.82) is 0 Å². The van der Waals surface area contributed by atoms with Crippen LogP contribution in [0.3, 0.4) is 0 Å². The van der Waals surface area contributed by atoms with Crippen LogP contribution in [0.5, 0.6) is 0 Å². The zero-order valence-corrected chi connectivity index (χ0v) is 17.0. The predicted molar refractivity (Wildman–Crippen MR) is 113 cm³/mol. The van der Waals surface area contributed by atoms with E-state index >= 15 is 0 Å². The number of aliphatic hydroxyl groups excluding tert-OH is 1. The fourth-order valence-electron chi connectivity index (χ4n) is 3.56. The van der Waals surface area contributed by atoms with Gasteiger partial charge in [-0.05, 0) is 49.3 Å². The van der Waals surface area contributed by atoms with Gasteiger partial charge in [-0.25, -0.2) is 4.79 Å². The third kappa shape index (κ3) is 4.78. The van der Waals surface area contributed by atoms with Crippen molar-refractivity contribution in [3.63, 3.8) is 0 Å². The topological polar surface area (TPSA) is 52.6 Å². The molecule has 1 fully saturated rings. The lowest BCUT2D eigenvalue weighted by Gasteiger charge is -2.41. The molecular formula is C21H25ClN2O2S. The van der Waals surface area contributed by atoms with Gasteiger partial charge < -0.3 is 15.3 Å². The van der Waals surface area contributed by atoms with Crippen LogP contribution in [-0.2, 0) is 6.42 Å². The highest BCUT2D eigenvalue weighted by molar-refractivity contribution is 7.98. The fraction of sp³-hybridized carbons (Fsp3) is 0.381. The Hall–Kier alpha value is -1.69. The SMILES string of the molecule is CSc1ccccc1NC(=O)N1CCC(CO)(Cc2ccccc2Cl)CC1. The lowest BCUT2D eigenvalue weighted by molar-refractivity contribution is 0.0575. The summed E-state index contributed by atoms with van der Waals surface area (Å²) < 4.78 is 0. The molecule has 0 aliphatic carbocycles. The number of nitrogens with zero attached hydrogens (tertiary/aromatic N) is 1. The number of urea groups is 1. The van der Waals surface area contributed by atoms with E-state index in [1.807, 2.05) is 59.7 Å². The maximum absolute atomic E-state index is 12.7. The van der Waals surface area contributed by atoms with Crippen LogP contribution in [0.15, 0.2) is 53.4 Å². The Labute approximate surface area is 169 Å². The molecular weight excluding hydrogens is 380 g/mol. The summed E-state index contributed by atoms with van der Waals surface area (Å²) in [4.78, 5) is 15.5. The number of hydrogen-bond donors (Lipinski definition) is 2. The van der Waals surface area contributed by atoms with Gasteiger partial charge in [-0.2, -0.15) is 0 Å². The van der Waals surface area contributed by atoms with Crippen molar-refractivity contribution in [3.8, 4) is 0 Å². The van der Waals surface area contributed by atoms with Gasteiger partial charge in [-0.15, -0.1) is 11.8 Å². The van der Waals surface area contributed by atoms with E-state index < -0.39 is 0 Å². The largest absolute Gasteiger partial charge is 0.396 e. The molecule has 6 heteroatoms. The number of piperidine rings is 1. The van der Waals surface area contributed by atoms with E-state index in [4.69, 9.17) is 11.6 Å². The third-order valence-corrected chi connectivity index (χ3v) is 6.48. The quantitative estimate of drug-likeness (QED) is 0.696. The van der Waals surface area contributed by atoms with Crippen molar-refractivity contribution in [1.82, 2.24) is 4.90 Å². The van der Waals surface area contributed by atoms with Crippen LogP contribution in [0.25, 0.3) is 0 Å². The van der Waals surface area contributed by atoms with E-state index in [2.05, 4.69) is 5.32 Å². The normalized spacial score (nSPS) is 16.2. The summed E-state index contributed by atoms with van der Waals surface area (Å²) in [5.41, 5.74) is 1.67. The summed E-state index contributed by atoms with van der Waals surface area (Å²) >= 11 is 7.91. The number of likely N-dealkylation sites (tertiary alicyclic amines) is 1. The van der Waals surface area contributed by atoms with E-state index in [9.17, 15) is 9.90 Å². The maximum Gasteiger partial charge on any atom is 0.321 e. The summed E-state index contributed by atoms with van der Waals surface area (Å²) in [6.45, 7) is 1.35. The molecule has 3 rings (SSSR count). The van der Waals surface area contributed by atoms with Crippen LogP contribution in [-0.4, -0.2) is 42.0 Å². The van der Waals surface area contributed by atoms with E-state index in [0.717, 1.165) is 40.4 Å². The minimum absolute atomic E-state index is 0.0826. The van der Waals surface area contributed by atoms with Crippen LogP contribution in [0, 0.1) is 5.41 Å². The van der Waals surface area contributed by atoms with Gasteiger partial charge in [0.05, 0.1) is 5.69 Å². The van der Waals surface area contributed by atoms with E-state index in [1.54, 1.807) is 11.8 Å².